The number of aromatic nitrogens is 3. The molecule has 2 aromatic rings. The lowest BCUT2D eigenvalue weighted by Gasteiger charge is -2.07. The van der Waals surface area contributed by atoms with Crippen molar-refractivity contribution in [2.75, 3.05) is 0 Å². The third-order valence-corrected chi connectivity index (χ3v) is 3.78. The molecule has 0 saturated heterocycles. The number of rotatable bonds is 4. The number of halogens is 1. The second-order valence-corrected chi connectivity index (χ2v) is 6.55. The average molecular weight is 311 g/mol. The summed E-state index contributed by atoms with van der Waals surface area (Å²) >= 11 is 0. The molecule has 0 spiro atoms. The minimum atomic E-state index is -3.96. The molecular weight excluding hydrogens is 300 g/mol. The molecule has 0 N–H and O–H groups in total. The van der Waals surface area contributed by atoms with Crippen LogP contribution in [0.4, 0.5) is 0 Å². The molecule has 0 fully saturated rings. The third-order valence-electron chi connectivity index (χ3n) is 2.63. The van der Waals surface area contributed by atoms with E-state index < -0.39 is 9.05 Å². The quantitative estimate of drug-likeness (QED) is 0.807. The lowest BCUT2D eigenvalue weighted by Crippen LogP contribution is -2.07. The molecule has 1 aromatic heterocycles. The van der Waals surface area contributed by atoms with Crippen LogP contribution < -0.4 is 0 Å². The Bertz CT molecular complexity index is 777. The summed E-state index contributed by atoms with van der Waals surface area (Å²) < 4.78 is 24.4. The molecule has 0 aliphatic heterocycles. The van der Waals surface area contributed by atoms with E-state index in [1.54, 1.807) is 24.3 Å². The molecule has 0 aliphatic carbocycles. The van der Waals surface area contributed by atoms with Crippen LogP contribution in [0, 0.1) is 11.3 Å². The normalized spacial score (nSPS) is 11.2. The largest absolute Gasteiger partial charge is 0.297 e. The van der Waals surface area contributed by atoms with Crippen molar-refractivity contribution in [3.8, 4) is 17.5 Å². The van der Waals surface area contributed by atoms with E-state index in [0.29, 0.717) is 29.9 Å². The van der Waals surface area contributed by atoms with Crippen molar-refractivity contribution in [3.05, 3.63) is 29.8 Å². The molecule has 6 nitrogen and oxygen atoms in total. The molecule has 0 bridgehead atoms. The first kappa shape index (κ1) is 14.5. The minimum absolute atomic E-state index is 0.279. The molecule has 0 atom stereocenters. The van der Waals surface area contributed by atoms with Gasteiger partial charge in [-0.15, -0.1) is 10.2 Å². The van der Waals surface area contributed by atoms with Gasteiger partial charge >= 0.3 is 0 Å². The van der Waals surface area contributed by atoms with Crippen molar-refractivity contribution in [3.63, 3.8) is 0 Å². The number of benzene rings is 1. The van der Waals surface area contributed by atoms with E-state index in [4.69, 9.17) is 15.9 Å². The third kappa shape index (κ3) is 2.81. The van der Waals surface area contributed by atoms with Gasteiger partial charge in [-0.1, -0.05) is 19.1 Å². The lowest BCUT2D eigenvalue weighted by molar-refractivity contribution is 0.570. The molecule has 0 aliphatic rings. The first-order valence-electron chi connectivity index (χ1n) is 5.85. The Balaban J connectivity index is 2.63. The van der Waals surface area contributed by atoms with Gasteiger partial charge in [0.2, 0.25) is 0 Å². The zero-order valence-corrected chi connectivity index (χ0v) is 12.2. The molecule has 8 heteroatoms. The Hall–Kier alpha value is -1.91. The average Bonchev–Trinajstić information content (AvgIpc) is 2.83. The molecule has 1 aromatic carbocycles. The van der Waals surface area contributed by atoms with Crippen molar-refractivity contribution < 1.29 is 8.42 Å². The maximum atomic E-state index is 11.5. The van der Waals surface area contributed by atoms with E-state index in [0.717, 1.165) is 0 Å². The maximum Gasteiger partial charge on any atom is 0.296 e. The highest BCUT2D eigenvalue weighted by atomic mass is 35.7. The highest BCUT2D eigenvalue weighted by molar-refractivity contribution is 8.13. The zero-order valence-electron chi connectivity index (χ0n) is 10.6. The van der Waals surface area contributed by atoms with E-state index >= 15 is 0 Å². The fourth-order valence-electron chi connectivity index (χ4n) is 1.84. The zero-order chi connectivity index (χ0) is 14.8. The van der Waals surface area contributed by atoms with E-state index in [1.165, 1.54) is 4.57 Å². The monoisotopic (exact) mass is 310 g/mol. The minimum Gasteiger partial charge on any atom is -0.297 e. The molecule has 0 radical (unpaired) electrons. The fraction of sp³-hybridized carbons (Fsp3) is 0.250. The Morgan fingerprint density at radius 2 is 2.15 bits per heavy atom. The number of nitrogens with zero attached hydrogens (tertiary/aromatic N) is 4. The van der Waals surface area contributed by atoms with Crippen LogP contribution in [-0.2, 0) is 15.6 Å². The summed E-state index contributed by atoms with van der Waals surface area (Å²) in [4.78, 5) is 0. The molecule has 104 valence electrons. The van der Waals surface area contributed by atoms with E-state index in [9.17, 15) is 8.42 Å². The van der Waals surface area contributed by atoms with Gasteiger partial charge < -0.3 is 0 Å². The second-order valence-electron chi connectivity index (χ2n) is 4.09. The van der Waals surface area contributed by atoms with Gasteiger partial charge in [-0.3, -0.25) is 4.57 Å². The maximum absolute atomic E-state index is 11.5. The molecule has 0 saturated carbocycles. The first-order chi connectivity index (χ1) is 9.47. The Morgan fingerprint density at radius 3 is 2.75 bits per heavy atom. The Labute approximate surface area is 121 Å². The highest BCUT2D eigenvalue weighted by Crippen LogP contribution is 2.23. The first-order valence-corrected chi connectivity index (χ1v) is 8.16. The van der Waals surface area contributed by atoms with Gasteiger partial charge in [-0.2, -0.15) is 5.26 Å². The molecule has 1 heterocycles. The summed E-state index contributed by atoms with van der Waals surface area (Å²) in [5.74, 6) is 0.378. The van der Waals surface area contributed by atoms with Crippen LogP contribution in [0.3, 0.4) is 0 Å². The molecule has 20 heavy (non-hydrogen) atoms. The summed E-state index contributed by atoms with van der Waals surface area (Å²) in [6.45, 7) is 2.32. The summed E-state index contributed by atoms with van der Waals surface area (Å²) in [6.07, 6.45) is 0.697. The van der Waals surface area contributed by atoms with Crippen LogP contribution in [0.5, 0.6) is 0 Å². The van der Waals surface area contributed by atoms with E-state index in [2.05, 4.69) is 10.2 Å². The van der Waals surface area contributed by atoms with Gasteiger partial charge in [0.25, 0.3) is 14.2 Å². The van der Waals surface area contributed by atoms with Gasteiger partial charge in [0.05, 0.1) is 11.6 Å². The van der Waals surface area contributed by atoms with E-state index in [-0.39, 0.29) is 5.16 Å². The molecule has 2 rings (SSSR count). The van der Waals surface area contributed by atoms with Gasteiger partial charge in [-0.05, 0) is 18.6 Å². The van der Waals surface area contributed by atoms with Gasteiger partial charge in [0.15, 0.2) is 5.82 Å². The summed E-state index contributed by atoms with van der Waals surface area (Å²) in [5, 5.41) is 16.2. The van der Waals surface area contributed by atoms with Gasteiger partial charge in [0, 0.05) is 22.8 Å². The second kappa shape index (κ2) is 5.61. The predicted octanol–water partition coefficient (Wildman–Crippen LogP) is 2.15. The van der Waals surface area contributed by atoms with Crippen LogP contribution in [0.25, 0.3) is 11.4 Å². The Morgan fingerprint density at radius 1 is 1.40 bits per heavy atom. The number of nitriles is 1. The summed E-state index contributed by atoms with van der Waals surface area (Å²) in [7, 11) is 1.39. The summed E-state index contributed by atoms with van der Waals surface area (Å²) in [6, 6.07) is 8.75. The van der Waals surface area contributed by atoms with Crippen LogP contribution in [0.1, 0.15) is 18.9 Å². The van der Waals surface area contributed by atoms with Crippen molar-refractivity contribution in [1.29, 1.82) is 5.26 Å². The van der Waals surface area contributed by atoms with Crippen molar-refractivity contribution in [2.45, 2.75) is 25.0 Å². The number of hydrogen-bond acceptors (Lipinski definition) is 5. The lowest BCUT2D eigenvalue weighted by atomic mass is 10.1. The predicted molar refractivity (Wildman–Crippen MR) is 73.5 cm³/mol. The SMILES string of the molecule is CCCn1c(-c2cccc(C#N)c2)nnc1S(=O)(=O)Cl. The van der Waals surface area contributed by atoms with Crippen LogP contribution >= 0.6 is 10.7 Å². The van der Waals surface area contributed by atoms with Crippen molar-refractivity contribution in [2.24, 2.45) is 0 Å². The topological polar surface area (TPSA) is 88.6 Å². The molecule has 0 amide bonds. The standard InChI is InChI=1S/C12H11ClN4O2S/c1-2-6-17-11(15-16-12(17)20(13,18)19)10-5-3-4-9(7-10)8-14/h3-5,7H,2,6H2,1H3. The van der Waals surface area contributed by atoms with Gasteiger partial charge in [0.1, 0.15) is 0 Å². The highest BCUT2D eigenvalue weighted by Gasteiger charge is 2.22. The van der Waals surface area contributed by atoms with Gasteiger partial charge in [-0.25, -0.2) is 8.42 Å². The van der Waals surface area contributed by atoms with Crippen molar-refractivity contribution in [1.82, 2.24) is 14.8 Å². The van der Waals surface area contributed by atoms with Crippen LogP contribution in [0.2, 0.25) is 0 Å². The molecular formula is C12H11ClN4O2S. The van der Waals surface area contributed by atoms with E-state index in [1.807, 2.05) is 13.0 Å². The molecule has 0 unspecified atom stereocenters. The number of hydrogen-bond donors (Lipinski definition) is 0. The fourth-order valence-corrected chi connectivity index (χ4v) is 2.76. The van der Waals surface area contributed by atoms with Crippen LogP contribution in [0.15, 0.2) is 29.4 Å². The summed E-state index contributed by atoms with van der Waals surface area (Å²) in [5.41, 5.74) is 1.08. The van der Waals surface area contributed by atoms with Crippen molar-refractivity contribution >= 4 is 19.7 Å². The Kier molecular flexibility index (Phi) is 4.06. The smallest absolute Gasteiger partial charge is 0.296 e. The van der Waals surface area contributed by atoms with Crippen LogP contribution in [-0.4, -0.2) is 23.2 Å².